The van der Waals surface area contributed by atoms with E-state index in [1.54, 1.807) is 0 Å². The third-order valence-corrected chi connectivity index (χ3v) is 12.5. The predicted octanol–water partition coefficient (Wildman–Crippen LogP) is 15.3. The molecule has 0 saturated carbocycles. The van der Waals surface area contributed by atoms with E-state index in [4.69, 9.17) is 0 Å². The Morgan fingerprint density at radius 1 is 0.231 bits per heavy atom. The van der Waals surface area contributed by atoms with Crippen LogP contribution in [0, 0.1) is 7.14 Å². The fourth-order valence-electron chi connectivity index (χ4n) is 8.29. The molecule has 10 aromatic carbocycles. The lowest BCUT2D eigenvalue weighted by molar-refractivity contribution is 1.58. The minimum atomic E-state index is 1.21. The van der Waals surface area contributed by atoms with Gasteiger partial charge in [0.15, 0.2) is 0 Å². The quantitative estimate of drug-likeness (QED) is 0.0918. The maximum atomic E-state index is 2.49. The van der Waals surface area contributed by atoms with Crippen molar-refractivity contribution in [3.8, 4) is 55.6 Å². The van der Waals surface area contributed by atoms with Crippen LogP contribution in [0.25, 0.3) is 98.7 Å². The zero-order valence-electron chi connectivity index (χ0n) is 28.1. The van der Waals surface area contributed by atoms with E-state index in [0.29, 0.717) is 0 Å². The van der Waals surface area contributed by atoms with Crippen molar-refractivity contribution in [1.82, 2.24) is 0 Å². The first-order chi connectivity index (χ1) is 25.7. The van der Waals surface area contributed by atoms with Crippen LogP contribution in [0.4, 0.5) is 0 Å². The zero-order valence-corrected chi connectivity index (χ0v) is 32.4. The minimum Gasteiger partial charge on any atom is -0.0622 e. The minimum absolute atomic E-state index is 1.21. The summed E-state index contributed by atoms with van der Waals surface area (Å²) in [5, 5.41) is 10.4. The molecular weight excluding hydrogens is 854 g/mol. The van der Waals surface area contributed by atoms with Gasteiger partial charge in [-0.3, -0.25) is 0 Å². The van der Waals surface area contributed by atoms with Crippen molar-refractivity contribution in [1.29, 1.82) is 0 Å². The van der Waals surface area contributed by atoms with Crippen LogP contribution in [-0.4, -0.2) is 0 Å². The molecule has 0 fully saturated rings. The summed E-state index contributed by atoms with van der Waals surface area (Å²) in [7, 11) is 0. The number of rotatable bonds is 5. The van der Waals surface area contributed by atoms with Gasteiger partial charge in [0.2, 0.25) is 0 Å². The number of halogens is 2. The van der Waals surface area contributed by atoms with Crippen molar-refractivity contribution >= 4 is 88.3 Å². The molecular formula is C50H30I2. The molecule has 0 aliphatic heterocycles. The lowest BCUT2D eigenvalue weighted by Gasteiger charge is -2.22. The van der Waals surface area contributed by atoms with E-state index in [-0.39, 0.29) is 0 Å². The Balaban J connectivity index is 1.39. The first-order valence-corrected chi connectivity index (χ1v) is 19.7. The van der Waals surface area contributed by atoms with Crippen LogP contribution in [0.2, 0.25) is 0 Å². The number of hydrogen-bond acceptors (Lipinski definition) is 0. The average Bonchev–Trinajstić information content (AvgIpc) is 3.20. The van der Waals surface area contributed by atoms with E-state index < -0.39 is 0 Å². The van der Waals surface area contributed by atoms with Crippen LogP contribution in [0.1, 0.15) is 0 Å². The molecule has 0 N–H and O–H groups in total. The first kappa shape index (κ1) is 31.7. The van der Waals surface area contributed by atoms with Gasteiger partial charge < -0.3 is 0 Å². The molecule has 0 amide bonds. The van der Waals surface area contributed by atoms with Crippen molar-refractivity contribution in [3.63, 3.8) is 0 Å². The molecule has 0 aromatic heterocycles. The summed E-state index contributed by atoms with van der Waals surface area (Å²) in [5.74, 6) is 0. The van der Waals surface area contributed by atoms with Gasteiger partial charge in [-0.05, 0) is 162 Å². The lowest BCUT2D eigenvalue weighted by Crippen LogP contribution is -1.95. The monoisotopic (exact) mass is 884 g/mol. The topological polar surface area (TPSA) is 0 Å². The van der Waals surface area contributed by atoms with Crippen molar-refractivity contribution in [2.75, 3.05) is 0 Å². The van der Waals surface area contributed by atoms with Crippen LogP contribution in [0.5, 0.6) is 0 Å². The van der Waals surface area contributed by atoms with Crippen LogP contribution < -0.4 is 0 Å². The number of benzene rings is 10. The molecule has 0 aliphatic rings. The summed E-state index contributed by atoms with van der Waals surface area (Å²) < 4.78 is 2.51. The molecule has 0 aliphatic carbocycles. The van der Waals surface area contributed by atoms with Gasteiger partial charge in [-0.2, -0.15) is 0 Å². The van der Waals surface area contributed by atoms with Crippen LogP contribution >= 0.6 is 45.2 Å². The molecule has 0 bridgehead atoms. The Morgan fingerprint density at radius 3 is 1.40 bits per heavy atom. The molecule has 0 spiro atoms. The van der Waals surface area contributed by atoms with Crippen molar-refractivity contribution in [2.45, 2.75) is 0 Å². The summed E-state index contributed by atoms with van der Waals surface area (Å²) in [5.41, 5.74) is 12.4. The SMILES string of the molecule is Ic1ccccc1-c1ccc2c3c(-c4cc(-c5ccccc5)ccc4-c4ccccc4)ccc4c(-c5ccccc5I)ccc(c5cccc1c52)c43. The van der Waals surface area contributed by atoms with E-state index in [9.17, 15) is 0 Å². The van der Waals surface area contributed by atoms with E-state index in [1.807, 2.05) is 0 Å². The highest BCUT2D eigenvalue weighted by Gasteiger charge is 2.22. The largest absolute Gasteiger partial charge is 0.0622 e. The molecule has 0 radical (unpaired) electrons. The van der Waals surface area contributed by atoms with Crippen molar-refractivity contribution in [3.05, 3.63) is 189 Å². The van der Waals surface area contributed by atoms with Gasteiger partial charge in [0.25, 0.3) is 0 Å². The average molecular weight is 885 g/mol. The number of hydrogen-bond donors (Lipinski definition) is 0. The zero-order chi connectivity index (χ0) is 34.8. The maximum absolute atomic E-state index is 2.49. The Bertz CT molecular complexity index is 2960. The highest BCUT2D eigenvalue weighted by Crippen LogP contribution is 2.50. The van der Waals surface area contributed by atoms with Gasteiger partial charge in [-0.15, -0.1) is 0 Å². The molecule has 2 heteroatoms. The molecule has 10 rings (SSSR count). The Kier molecular flexibility index (Phi) is 7.84. The predicted molar refractivity (Wildman–Crippen MR) is 240 cm³/mol. The first-order valence-electron chi connectivity index (χ1n) is 17.6. The van der Waals surface area contributed by atoms with Gasteiger partial charge in [0, 0.05) is 7.14 Å². The maximum Gasteiger partial charge on any atom is 0.0209 e. The van der Waals surface area contributed by atoms with Crippen LogP contribution in [0.15, 0.2) is 182 Å². The lowest BCUT2D eigenvalue weighted by atomic mass is 9.81. The van der Waals surface area contributed by atoms with Crippen LogP contribution in [0.3, 0.4) is 0 Å². The summed E-state index contributed by atoms with van der Waals surface area (Å²) in [6, 6.07) is 67.2. The normalized spacial score (nSPS) is 11.7. The van der Waals surface area contributed by atoms with Gasteiger partial charge in [0.1, 0.15) is 0 Å². The van der Waals surface area contributed by atoms with Gasteiger partial charge in [-0.1, -0.05) is 164 Å². The molecule has 0 unspecified atom stereocenters. The van der Waals surface area contributed by atoms with Crippen molar-refractivity contribution in [2.24, 2.45) is 0 Å². The fourth-order valence-corrected chi connectivity index (χ4v) is 9.65. The van der Waals surface area contributed by atoms with E-state index >= 15 is 0 Å². The Morgan fingerprint density at radius 2 is 0.731 bits per heavy atom. The smallest absolute Gasteiger partial charge is 0.0209 e. The molecule has 10 aromatic rings. The van der Waals surface area contributed by atoms with Crippen molar-refractivity contribution < 1.29 is 0 Å². The van der Waals surface area contributed by atoms with Gasteiger partial charge >= 0.3 is 0 Å². The van der Waals surface area contributed by atoms with Crippen LogP contribution in [-0.2, 0) is 0 Å². The molecule has 244 valence electrons. The summed E-state index contributed by atoms with van der Waals surface area (Å²) in [6.45, 7) is 0. The second-order valence-corrected chi connectivity index (χ2v) is 15.7. The standard InChI is InChI=1S/C50H30I2/c51-46-20-9-7-16-37(46)35-25-29-44-48-39(35)18-11-19-40(48)42-26-24-36(38-17-8-10-21-47(38)52)41-27-28-43(50(44)49(41)42)45-30-33(31-12-3-1-4-13-31)22-23-34(45)32-14-5-2-6-15-32/h1-30H. The fraction of sp³-hybridized carbons (Fsp3) is 0. The van der Waals surface area contributed by atoms with Gasteiger partial charge in [0.05, 0.1) is 0 Å². The van der Waals surface area contributed by atoms with E-state index in [1.165, 1.54) is 106 Å². The third kappa shape index (κ3) is 5.07. The summed E-state index contributed by atoms with van der Waals surface area (Å²) >= 11 is 4.97. The molecule has 0 saturated heterocycles. The Labute approximate surface area is 330 Å². The van der Waals surface area contributed by atoms with E-state index in [2.05, 4.69) is 227 Å². The molecule has 52 heavy (non-hydrogen) atoms. The van der Waals surface area contributed by atoms with Gasteiger partial charge in [-0.25, -0.2) is 0 Å². The molecule has 0 heterocycles. The summed E-state index contributed by atoms with van der Waals surface area (Å²) in [6.07, 6.45) is 0. The Hall–Kier alpha value is -5.04. The highest BCUT2D eigenvalue weighted by atomic mass is 127. The van der Waals surface area contributed by atoms with E-state index in [0.717, 1.165) is 0 Å². The molecule has 0 nitrogen and oxygen atoms in total. The summed E-state index contributed by atoms with van der Waals surface area (Å²) in [4.78, 5) is 0. The third-order valence-electron chi connectivity index (χ3n) is 10.6. The number of fused-ring (bicyclic) bond motifs is 2. The second-order valence-electron chi connectivity index (χ2n) is 13.4. The second kappa shape index (κ2) is 12.9. The highest BCUT2D eigenvalue weighted by molar-refractivity contribution is 14.1. The molecule has 0 atom stereocenters.